The highest BCUT2D eigenvalue weighted by Gasteiger charge is 2.31. The third-order valence-electron chi connectivity index (χ3n) is 4.30. The maximum Gasteiger partial charge on any atom is 0.211 e. The summed E-state index contributed by atoms with van der Waals surface area (Å²) >= 11 is 0. The standard InChI is InChI=1S/C16H25N5O2/c1-11(15-17-8-13(23-15)16(2,3)4)21-6-7-22-12(9-21)14-19-18-10-20(14)5/h8,10-12H,6-7,9H2,1-5H3/t11-,12+/m1/s1. The van der Waals surface area contributed by atoms with Gasteiger partial charge in [0.1, 0.15) is 18.2 Å². The van der Waals surface area contributed by atoms with Crippen LogP contribution in [0, 0.1) is 0 Å². The fourth-order valence-corrected chi connectivity index (χ4v) is 2.74. The largest absolute Gasteiger partial charge is 0.443 e. The maximum absolute atomic E-state index is 5.99. The van der Waals surface area contributed by atoms with Crippen molar-refractivity contribution >= 4 is 0 Å². The van der Waals surface area contributed by atoms with Crippen molar-refractivity contribution in [1.82, 2.24) is 24.6 Å². The van der Waals surface area contributed by atoms with E-state index in [0.29, 0.717) is 6.61 Å². The van der Waals surface area contributed by atoms with E-state index in [9.17, 15) is 0 Å². The number of hydrogen-bond acceptors (Lipinski definition) is 6. The van der Waals surface area contributed by atoms with Crippen LogP contribution in [-0.2, 0) is 17.2 Å². The quantitative estimate of drug-likeness (QED) is 0.864. The number of ether oxygens (including phenoxy) is 1. The first-order valence-electron chi connectivity index (χ1n) is 8.02. The van der Waals surface area contributed by atoms with Gasteiger partial charge in [-0.3, -0.25) is 4.90 Å². The minimum atomic E-state index is -0.0734. The second kappa shape index (κ2) is 6.05. The Hall–Kier alpha value is -1.73. The molecule has 0 radical (unpaired) electrons. The van der Waals surface area contributed by atoms with Crippen LogP contribution in [0.5, 0.6) is 0 Å². The van der Waals surface area contributed by atoms with Gasteiger partial charge in [-0.1, -0.05) is 20.8 Å². The Kier molecular flexibility index (Phi) is 4.25. The summed E-state index contributed by atoms with van der Waals surface area (Å²) in [6.07, 6.45) is 3.47. The van der Waals surface area contributed by atoms with Crippen LogP contribution in [0.1, 0.15) is 57.3 Å². The molecule has 1 aliphatic rings. The van der Waals surface area contributed by atoms with Gasteiger partial charge >= 0.3 is 0 Å². The normalized spacial score (nSPS) is 21.5. The van der Waals surface area contributed by atoms with Gasteiger partial charge in [-0.2, -0.15) is 0 Å². The van der Waals surface area contributed by atoms with Crippen molar-refractivity contribution in [1.29, 1.82) is 0 Å². The first-order chi connectivity index (χ1) is 10.9. The van der Waals surface area contributed by atoms with Gasteiger partial charge in [-0.05, 0) is 6.92 Å². The first-order valence-corrected chi connectivity index (χ1v) is 8.02. The summed E-state index contributed by atoms with van der Waals surface area (Å²) < 4.78 is 13.8. The van der Waals surface area contributed by atoms with Crippen molar-refractivity contribution in [2.24, 2.45) is 7.05 Å². The Morgan fingerprint density at radius 1 is 1.35 bits per heavy atom. The summed E-state index contributed by atoms with van der Waals surface area (Å²) in [5.41, 5.74) is -0.0306. The van der Waals surface area contributed by atoms with E-state index in [1.807, 2.05) is 17.8 Å². The zero-order valence-electron chi connectivity index (χ0n) is 14.5. The van der Waals surface area contributed by atoms with Gasteiger partial charge in [0.2, 0.25) is 5.89 Å². The third kappa shape index (κ3) is 3.30. The summed E-state index contributed by atoms with van der Waals surface area (Å²) in [6.45, 7) is 10.8. The molecule has 7 nitrogen and oxygen atoms in total. The predicted octanol–water partition coefficient (Wildman–Crippen LogP) is 2.24. The lowest BCUT2D eigenvalue weighted by atomic mass is 9.94. The molecule has 2 aromatic heterocycles. The number of aromatic nitrogens is 4. The fourth-order valence-electron chi connectivity index (χ4n) is 2.74. The topological polar surface area (TPSA) is 69.2 Å². The van der Waals surface area contributed by atoms with Gasteiger partial charge in [0.25, 0.3) is 0 Å². The second-order valence-corrected chi connectivity index (χ2v) is 7.14. The highest BCUT2D eigenvalue weighted by molar-refractivity contribution is 5.08. The fraction of sp³-hybridized carbons (Fsp3) is 0.688. The summed E-state index contributed by atoms with van der Waals surface area (Å²) in [5, 5.41) is 8.10. The van der Waals surface area contributed by atoms with E-state index in [-0.39, 0.29) is 17.6 Å². The predicted molar refractivity (Wildman–Crippen MR) is 84.9 cm³/mol. The smallest absolute Gasteiger partial charge is 0.211 e. The van der Waals surface area contributed by atoms with E-state index < -0.39 is 0 Å². The van der Waals surface area contributed by atoms with Crippen LogP contribution in [0.15, 0.2) is 16.9 Å². The number of aryl methyl sites for hydroxylation is 1. The van der Waals surface area contributed by atoms with Gasteiger partial charge in [0, 0.05) is 25.6 Å². The van der Waals surface area contributed by atoms with Gasteiger partial charge < -0.3 is 13.7 Å². The van der Waals surface area contributed by atoms with Crippen LogP contribution in [0.2, 0.25) is 0 Å². The molecule has 0 saturated carbocycles. The first kappa shape index (κ1) is 16.1. The summed E-state index contributed by atoms with van der Waals surface area (Å²) in [4.78, 5) is 6.80. The Balaban J connectivity index is 1.73. The minimum Gasteiger partial charge on any atom is -0.443 e. The molecule has 23 heavy (non-hydrogen) atoms. The summed E-state index contributed by atoms with van der Waals surface area (Å²) in [5.74, 6) is 2.52. The SMILES string of the molecule is C[C@H](c1ncc(C(C)(C)C)o1)N1CCO[C@H](c2nncn2C)C1. The van der Waals surface area contributed by atoms with Gasteiger partial charge in [-0.25, -0.2) is 4.98 Å². The summed E-state index contributed by atoms with van der Waals surface area (Å²) in [6, 6.07) is 0.103. The lowest BCUT2D eigenvalue weighted by Gasteiger charge is -2.35. The van der Waals surface area contributed by atoms with E-state index in [2.05, 4.69) is 47.8 Å². The molecular weight excluding hydrogens is 294 g/mol. The van der Waals surface area contributed by atoms with Gasteiger partial charge in [-0.15, -0.1) is 10.2 Å². The van der Waals surface area contributed by atoms with E-state index in [1.54, 1.807) is 6.33 Å². The van der Waals surface area contributed by atoms with Crippen molar-refractivity contribution in [3.8, 4) is 0 Å². The van der Waals surface area contributed by atoms with Crippen molar-refractivity contribution in [2.45, 2.75) is 45.3 Å². The van der Waals surface area contributed by atoms with Gasteiger partial charge in [0.05, 0.1) is 18.8 Å². The molecule has 0 bridgehead atoms. The molecule has 1 fully saturated rings. The molecule has 0 amide bonds. The van der Waals surface area contributed by atoms with Gasteiger partial charge in [0.15, 0.2) is 5.82 Å². The average molecular weight is 319 g/mol. The lowest BCUT2D eigenvalue weighted by molar-refractivity contribution is -0.0516. The maximum atomic E-state index is 5.99. The Bertz CT molecular complexity index is 657. The Morgan fingerprint density at radius 2 is 2.13 bits per heavy atom. The van der Waals surface area contributed by atoms with E-state index in [1.165, 1.54) is 0 Å². The van der Waals surface area contributed by atoms with E-state index >= 15 is 0 Å². The molecule has 3 heterocycles. The monoisotopic (exact) mass is 319 g/mol. The number of morpholine rings is 1. The van der Waals surface area contributed by atoms with Crippen LogP contribution >= 0.6 is 0 Å². The molecule has 0 unspecified atom stereocenters. The molecule has 0 aliphatic carbocycles. The molecule has 126 valence electrons. The van der Waals surface area contributed by atoms with Crippen LogP contribution in [0.4, 0.5) is 0 Å². The second-order valence-electron chi connectivity index (χ2n) is 7.14. The van der Waals surface area contributed by atoms with Crippen LogP contribution in [0.25, 0.3) is 0 Å². The zero-order chi connectivity index (χ0) is 16.6. The van der Waals surface area contributed by atoms with E-state index in [0.717, 1.165) is 30.6 Å². The van der Waals surface area contributed by atoms with Crippen molar-refractivity contribution < 1.29 is 9.15 Å². The molecule has 3 rings (SSSR count). The molecular formula is C16H25N5O2. The molecule has 2 atom stereocenters. The number of nitrogens with zero attached hydrogens (tertiary/aromatic N) is 5. The molecule has 7 heteroatoms. The van der Waals surface area contributed by atoms with Crippen LogP contribution < -0.4 is 0 Å². The highest BCUT2D eigenvalue weighted by atomic mass is 16.5. The number of hydrogen-bond donors (Lipinski definition) is 0. The number of rotatable bonds is 3. The van der Waals surface area contributed by atoms with Crippen LogP contribution in [-0.4, -0.2) is 44.3 Å². The molecule has 1 saturated heterocycles. The number of oxazole rings is 1. The zero-order valence-corrected chi connectivity index (χ0v) is 14.5. The summed E-state index contributed by atoms with van der Waals surface area (Å²) in [7, 11) is 1.94. The average Bonchev–Trinajstić information content (AvgIpc) is 3.15. The molecule has 0 aromatic carbocycles. The van der Waals surface area contributed by atoms with Crippen LogP contribution in [0.3, 0.4) is 0 Å². The Morgan fingerprint density at radius 3 is 2.74 bits per heavy atom. The van der Waals surface area contributed by atoms with E-state index in [4.69, 9.17) is 9.15 Å². The molecule has 2 aromatic rings. The molecule has 1 aliphatic heterocycles. The Labute approximate surface area is 136 Å². The molecule has 0 spiro atoms. The van der Waals surface area contributed by atoms with Crippen molar-refractivity contribution in [2.75, 3.05) is 19.7 Å². The molecule has 0 N–H and O–H groups in total. The lowest BCUT2D eigenvalue weighted by Crippen LogP contribution is -2.40. The van der Waals surface area contributed by atoms with Crippen molar-refractivity contribution in [3.05, 3.63) is 30.0 Å². The minimum absolute atomic E-state index is 0.0306. The van der Waals surface area contributed by atoms with Crippen molar-refractivity contribution in [3.63, 3.8) is 0 Å². The highest BCUT2D eigenvalue weighted by Crippen LogP contribution is 2.30. The third-order valence-corrected chi connectivity index (χ3v) is 4.30.